The predicted octanol–water partition coefficient (Wildman–Crippen LogP) is 8.30. The summed E-state index contributed by atoms with van der Waals surface area (Å²) in [5.74, 6) is -57.1. The molecule has 0 aromatic heterocycles. The van der Waals surface area contributed by atoms with Gasteiger partial charge in [0.25, 0.3) is 0 Å². The van der Waals surface area contributed by atoms with E-state index in [9.17, 15) is 84.5 Å². The lowest BCUT2D eigenvalue weighted by Gasteiger charge is -2.42. The van der Waals surface area contributed by atoms with Crippen molar-refractivity contribution in [3.63, 3.8) is 0 Å². The van der Waals surface area contributed by atoms with Gasteiger partial charge in [-0.2, -0.15) is 74.6 Å². The van der Waals surface area contributed by atoms with E-state index in [0.717, 1.165) is 30.3 Å². The van der Waals surface area contributed by atoms with Crippen molar-refractivity contribution in [3.05, 3.63) is 41.5 Å². The minimum atomic E-state index is -8.66. The van der Waals surface area contributed by atoms with E-state index in [-0.39, 0.29) is 22.6 Å². The highest BCUT2D eigenvalue weighted by Gasteiger charge is 2.95. The third-order valence-corrected chi connectivity index (χ3v) is 5.74. The number of carbonyl (C=O) groups excluding carboxylic acids is 1. The number of benzene rings is 2. The highest BCUT2D eigenvalue weighted by molar-refractivity contribution is 6.00. The van der Waals surface area contributed by atoms with Crippen LogP contribution in [0.3, 0.4) is 0 Å². The summed E-state index contributed by atoms with van der Waals surface area (Å²) in [4.78, 5) is 11.0. The maximum absolute atomic E-state index is 14.1. The van der Waals surface area contributed by atoms with E-state index in [0.29, 0.717) is 0 Å². The third kappa shape index (κ3) is 4.57. The van der Waals surface area contributed by atoms with Gasteiger partial charge in [-0.1, -0.05) is 24.3 Å². The lowest BCUT2D eigenvalue weighted by atomic mass is 9.87. The van der Waals surface area contributed by atoms with Gasteiger partial charge in [-0.3, -0.25) is 4.79 Å². The van der Waals surface area contributed by atoms with Gasteiger partial charge in [0.15, 0.2) is 6.29 Å². The average molecular weight is 618 g/mol. The molecule has 0 fully saturated rings. The predicted molar refractivity (Wildman–Crippen MR) is 100 cm³/mol. The lowest BCUT2D eigenvalue weighted by Crippen LogP contribution is -2.74. The van der Waals surface area contributed by atoms with Crippen LogP contribution in [0.4, 0.5) is 74.6 Å². The molecule has 2 rings (SSSR count). The van der Waals surface area contributed by atoms with Crippen LogP contribution in [0.2, 0.25) is 0 Å². The topological polar surface area (TPSA) is 37.3 Å². The molecule has 2 aromatic carbocycles. The van der Waals surface area contributed by atoms with Crippen LogP contribution in [0, 0.1) is 0 Å². The normalized spacial score (nSPS) is 15.0. The van der Waals surface area contributed by atoms with Gasteiger partial charge in [0.1, 0.15) is 5.75 Å². The van der Waals surface area contributed by atoms with E-state index in [2.05, 4.69) is 0 Å². The maximum atomic E-state index is 14.1. The Labute approximate surface area is 210 Å². The fraction of sp³-hybridized carbons (Fsp3) is 0.476. The first kappa shape index (κ1) is 33.2. The van der Waals surface area contributed by atoms with Crippen LogP contribution in [0.25, 0.3) is 10.8 Å². The van der Waals surface area contributed by atoms with Gasteiger partial charge in [0.05, 0.1) is 5.56 Å². The second-order valence-electron chi connectivity index (χ2n) is 8.32. The van der Waals surface area contributed by atoms with Crippen molar-refractivity contribution >= 4 is 17.1 Å². The van der Waals surface area contributed by atoms with Crippen LogP contribution < -0.4 is 0 Å². The van der Waals surface area contributed by atoms with Gasteiger partial charge in [-0.15, -0.1) is 0 Å². The Morgan fingerprint density at radius 2 is 1.05 bits per heavy atom. The molecule has 0 aliphatic rings. The monoisotopic (exact) mass is 618 g/mol. The second kappa shape index (κ2) is 9.53. The minimum Gasteiger partial charge on any atom is -0.507 e. The number of alkyl halides is 17. The van der Waals surface area contributed by atoms with E-state index in [1.54, 1.807) is 0 Å². The molecule has 0 aliphatic carbocycles. The van der Waals surface area contributed by atoms with Gasteiger partial charge >= 0.3 is 47.6 Å². The van der Waals surface area contributed by atoms with Crippen molar-refractivity contribution in [2.45, 2.75) is 60.5 Å². The fourth-order valence-corrected chi connectivity index (χ4v) is 3.33. The third-order valence-electron chi connectivity index (χ3n) is 5.74. The number of phenols is 1. The summed E-state index contributed by atoms with van der Waals surface area (Å²) in [6, 6.07) is 4.57. The molecule has 0 amide bonds. The maximum Gasteiger partial charge on any atom is 0.460 e. The molecular formula is C21H11F17O2. The molecule has 0 bridgehead atoms. The Kier molecular flexibility index (Phi) is 7.90. The van der Waals surface area contributed by atoms with Gasteiger partial charge in [0, 0.05) is 6.42 Å². The summed E-state index contributed by atoms with van der Waals surface area (Å²) in [6.07, 6.45) is -11.7. The minimum absolute atomic E-state index is 0.0409. The summed E-state index contributed by atoms with van der Waals surface area (Å²) in [7, 11) is 0. The summed E-state index contributed by atoms with van der Waals surface area (Å²) >= 11 is 0. The van der Waals surface area contributed by atoms with Crippen molar-refractivity contribution in [2.24, 2.45) is 0 Å². The molecule has 226 valence electrons. The zero-order valence-electron chi connectivity index (χ0n) is 18.7. The first-order valence-electron chi connectivity index (χ1n) is 10.1. The summed E-state index contributed by atoms with van der Waals surface area (Å²) in [6.45, 7) is 0. The first-order chi connectivity index (χ1) is 17.7. The molecule has 0 saturated carbocycles. The Balaban J connectivity index is 2.46. The Morgan fingerprint density at radius 3 is 1.50 bits per heavy atom. The molecule has 0 spiro atoms. The van der Waals surface area contributed by atoms with E-state index in [1.807, 2.05) is 0 Å². The zero-order chi connectivity index (χ0) is 31.5. The molecule has 1 N–H and O–H groups in total. The summed E-state index contributed by atoms with van der Waals surface area (Å²) in [5, 5.41) is 9.48. The van der Waals surface area contributed by atoms with Crippen molar-refractivity contribution in [1.29, 1.82) is 0 Å². The van der Waals surface area contributed by atoms with Crippen molar-refractivity contribution in [1.82, 2.24) is 0 Å². The first-order valence-corrected chi connectivity index (χ1v) is 10.1. The Bertz CT molecular complexity index is 1260. The molecule has 0 radical (unpaired) electrons. The number of rotatable bonds is 10. The fourth-order valence-electron chi connectivity index (χ4n) is 3.33. The molecule has 19 heteroatoms. The number of aryl methyl sites for hydroxylation is 1. The number of hydrogen-bond acceptors (Lipinski definition) is 2. The standard InChI is InChI=1S/C21H11F17O2/c22-14(23,6-5-9-1-3-11-10(7-9)2-4-13(40)12(11)8-39)15(24,25)16(26,27)17(28,29)18(30,31)19(32,33)20(34,35)21(36,37)38/h1-4,7-8,40H,5-6H2. The van der Waals surface area contributed by atoms with Crippen molar-refractivity contribution in [2.75, 3.05) is 0 Å². The Morgan fingerprint density at radius 1 is 0.600 bits per heavy atom. The summed E-state index contributed by atoms with van der Waals surface area (Å²) < 4.78 is 227. The number of fused-ring (bicyclic) bond motifs is 1. The smallest absolute Gasteiger partial charge is 0.460 e. The number of hydrogen-bond donors (Lipinski definition) is 1. The number of halogens is 17. The van der Waals surface area contributed by atoms with E-state index < -0.39 is 71.8 Å². The van der Waals surface area contributed by atoms with Gasteiger partial charge in [-0.05, 0) is 28.8 Å². The van der Waals surface area contributed by atoms with E-state index >= 15 is 0 Å². The van der Waals surface area contributed by atoms with Crippen molar-refractivity contribution in [3.8, 4) is 5.75 Å². The molecule has 0 aliphatic heterocycles. The van der Waals surface area contributed by atoms with Gasteiger partial charge in [-0.25, -0.2) is 0 Å². The number of phenolic OH excluding ortho intramolecular Hbond substituents is 1. The zero-order valence-corrected chi connectivity index (χ0v) is 18.7. The molecule has 40 heavy (non-hydrogen) atoms. The van der Waals surface area contributed by atoms with Crippen LogP contribution in [0.15, 0.2) is 30.3 Å². The van der Waals surface area contributed by atoms with Crippen LogP contribution in [0.1, 0.15) is 22.3 Å². The molecule has 0 heterocycles. The number of aldehydes is 1. The quantitative estimate of drug-likeness (QED) is 0.215. The van der Waals surface area contributed by atoms with Gasteiger partial charge in [0.2, 0.25) is 0 Å². The number of carbonyl (C=O) groups is 1. The van der Waals surface area contributed by atoms with Crippen LogP contribution in [0.5, 0.6) is 5.75 Å². The van der Waals surface area contributed by atoms with E-state index in [4.69, 9.17) is 0 Å². The molecule has 0 unspecified atom stereocenters. The molecule has 0 saturated heterocycles. The SMILES string of the molecule is O=Cc1c(O)ccc2cc(CCC(F)(F)C(F)(F)C(F)(F)C(F)(F)C(F)(F)C(F)(F)C(F)(F)C(F)(F)F)ccc12. The highest BCUT2D eigenvalue weighted by atomic mass is 19.4. The second-order valence-corrected chi connectivity index (χ2v) is 8.32. The largest absolute Gasteiger partial charge is 0.507 e. The van der Waals surface area contributed by atoms with Gasteiger partial charge < -0.3 is 5.11 Å². The molecule has 0 atom stereocenters. The van der Waals surface area contributed by atoms with Crippen molar-refractivity contribution < 1.29 is 84.5 Å². The molecule has 2 aromatic rings. The highest BCUT2D eigenvalue weighted by Crippen LogP contribution is 2.64. The molecular weight excluding hydrogens is 607 g/mol. The number of aromatic hydroxyl groups is 1. The molecule has 2 nitrogen and oxygen atoms in total. The Hall–Kier alpha value is -3.02. The van der Waals surface area contributed by atoms with Crippen LogP contribution >= 0.6 is 0 Å². The lowest BCUT2D eigenvalue weighted by molar-refractivity contribution is -0.461. The summed E-state index contributed by atoms with van der Waals surface area (Å²) in [5.41, 5.74) is -0.807. The van der Waals surface area contributed by atoms with Crippen LogP contribution in [-0.2, 0) is 6.42 Å². The van der Waals surface area contributed by atoms with Crippen LogP contribution in [-0.4, -0.2) is 59.0 Å². The average Bonchev–Trinajstić information content (AvgIpc) is 2.81. The van der Waals surface area contributed by atoms with E-state index in [1.165, 1.54) is 0 Å².